The minimum absolute atomic E-state index is 0.0480. The molecule has 0 fully saturated rings. The van der Waals surface area contributed by atoms with Crippen LogP contribution in [0.5, 0.6) is 0 Å². The van der Waals surface area contributed by atoms with Gasteiger partial charge < -0.3 is 15.7 Å². The third-order valence-corrected chi connectivity index (χ3v) is 3.55. The van der Waals surface area contributed by atoms with Crippen molar-refractivity contribution in [3.8, 4) is 0 Å². The van der Waals surface area contributed by atoms with Gasteiger partial charge in [-0.1, -0.05) is 52.3 Å². The number of anilines is 1. The number of rotatable bonds is 5. The van der Waals surface area contributed by atoms with Crippen LogP contribution < -0.4 is 10.6 Å². The summed E-state index contributed by atoms with van der Waals surface area (Å²) in [5.74, 6) is 0. The molecule has 21 heavy (non-hydrogen) atoms. The molecule has 0 radical (unpaired) electrons. The van der Waals surface area contributed by atoms with Crippen molar-refractivity contribution >= 4 is 11.7 Å². The molecule has 0 bridgehead atoms. The van der Waals surface area contributed by atoms with E-state index >= 15 is 0 Å². The molecule has 0 saturated heterocycles. The average Bonchev–Trinajstić information content (AvgIpc) is 2.38. The van der Waals surface area contributed by atoms with Crippen LogP contribution >= 0.6 is 0 Å². The second-order valence-corrected chi connectivity index (χ2v) is 6.84. The molecule has 0 saturated carbocycles. The molecule has 2 amide bonds. The van der Waals surface area contributed by atoms with Crippen LogP contribution in [0.2, 0.25) is 0 Å². The molecule has 1 rings (SSSR count). The van der Waals surface area contributed by atoms with E-state index in [0.717, 1.165) is 24.1 Å². The van der Waals surface area contributed by atoms with Crippen molar-refractivity contribution < 1.29 is 9.90 Å². The molecule has 0 aliphatic carbocycles. The number of hydrogen-bond donors (Lipinski definition) is 3. The minimum Gasteiger partial charge on any atom is -0.394 e. The van der Waals surface area contributed by atoms with Crippen molar-refractivity contribution in [3.63, 3.8) is 0 Å². The molecule has 0 aliphatic rings. The normalized spacial score (nSPS) is 14.4. The fourth-order valence-electron chi connectivity index (χ4n) is 2.41. The molecule has 1 aromatic rings. The van der Waals surface area contributed by atoms with Crippen molar-refractivity contribution in [2.45, 2.75) is 58.4 Å². The first-order valence-electron chi connectivity index (χ1n) is 7.51. The van der Waals surface area contributed by atoms with E-state index in [1.54, 1.807) is 0 Å². The summed E-state index contributed by atoms with van der Waals surface area (Å²) < 4.78 is 0. The Morgan fingerprint density at radius 2 is 1.81 bits per heavy atom. The highest BCUT2D eigenvalue weighted by Gasteiger charge is 2.25. The summed E-state index contributed by atoms with van der Waals surface area (Å²) in [4.78, 5) is 12.2. The second kappa shape index (κ2) is 6.94. The Morgan fingerprint density at radius 3 is 2.33 bits per heavy atom. The van der Waals surface area contributed by atoms with E-state index in [9.17, 15) is 9.90 Å². The Kier molecular flexibility index (Phi) is 5.78. The minimum atomic E-state index is -0.588. The van der Waals surface area contributed by atoms with Gasteiger partial charge in [0, 0.05) is 5.69 Å². The molecule has 0 aromatic heterocycles. The summed E-state index contributed by atoms with van der Waals surface area (Å²) >= 11 is 0. The molecule has 1 unspecified atom stereocenters. The van der Waals surface area contributed by atoms with Crippen molar-refractivity contribution in [1.82, 2.24) is 5.32 Å². The summed E-state index contributed by atoms with van der Waals surface area (Å²) in [6.07, 6.45) is 1.63. The Balaban J connectivity index is 2.85. The Labute approximate surface area is 128 Å². The lowest BCUT2D eigenvalue weighted by Crippen LogP contribution is -2.50. The van der Waals surface area contributed by atoms with Gasteiger partial charge in [-0.15, -0.1) is 0 Å². The van der Waals surface area contributed by atoms with E-state index in [1.807, 2.05) is 38.1 Å². The van der Waals surface area contributed by atoms with E-state index in [-0.39, 0.29) is 18.1 Å². The van der Waals surface area contributed by atoms with Gasteiger partial charge in [0.25, 0.3) is 0 Å². The number of hydrogen-bond acceptors (Lipinski definition) is 2. The molecule has 0 spiro atoms. The Bertz CT molecular complexity index is 480. The molecule has 0 aliphatic heterocycles. The van der Waals surface area contributed by atoms with E-state index in [0.29, 0.717) is 0 Å². The highest BCUT2D eigenvalue weighted by Crippen LogP contribution is 2.29. The lowest BCUT2D eigenvalue weighted by Gasteiger charge is -2.29. The van der Waals surface area contributed by atoms with Gasteiger partial charge in [-0.2, -0.15) is 0 Å². The number of amides is 2. The Hall–Kier alpha value is -1.55. The maximum atomic E-state index is 12.2. The first-order valence-corrected chi connectivity index (χ1v) is 7.51. The summed E-state index contributed by atoms with van der Waals surface area (Å²) in [6, 6.07) is 7.51. The monoisotopic (exact) mass is 292 g/mol. The molecule has 1 atom stereocenters. The second-order valence-electron chi connectivity index (χ2n) is 6.84. The summed E-state index contributed by atoms with van der Waals surface area (Å²) in [5, 5.41) is 15.2. The quantitative estimate of drug-likeness (QED) is 0.775. The molecule has 1 aromatic carbocycles. The fraction of sp³-hybridized carbons (Fsp3) is 0.588. The van der Waals surface area contributed by atoms with Gasteiger partial charge in [0.1, 0.15) is 0 Å². The van der Waals surface area contributed by atoms with Crippen LogP contribution in [0.25, 0.3) is 0 Å². The SMILES string of the molecule is CCCC(C)(CO)NC(=O)Nc1ccccc1C(C)(C)C. The van der Waals surface area contributed by atoms with Crippen LogP contribution in [0.4, 0.5) is 10.5 Å². The van der Waals surface area contributed by atoms with Crippen molar-refractivity contribution in [2.24, 2.45) is 0 Å². The zero-order valence-electron chi connectivity index (χ0n) is 13.8. The van der Waals surface area contributed by atoms with Crippen LogP contribution in [-0.2, 0) is 5.41 Å². The average molecular weight is 292 g/mol. The molecule has 4 heteroatoms. The Morgan fingerprint density at radius 1 is 1.19 bits per heavy atom. The first kappa shape index (κ1) is 17.5. The number of aliphatic hydroxyl groups is 1. The fourth-order valence-corrected chi connectivity index (χ4v) is 2.41. The predicted octanol–water partition coefficient (Wildman–Crippen LogP) is 3.66. The van der Waals surface area contributed by atoms with Crippen LogP contribution in [-0.4, -0.2) is 23.3 Å². The number of carbonyl (C=O) groups excluding carboxylic acids is 1. The number of carbonyl (C=O) groups is 1. The van der Waals surface area contributed by atoms with Crippen LogP contribution in [0.3, 0.4) is 0 Å². The standard InChI is InChI=1S/C17H28N2O2/c1-6-11-17(5,12-20)19-15(21)18-14-10-8-7-9-13(14)16(2,3)4/h7-10,20H,6,11-12H2,1-5H3,(H2,18,19,21). The van der Waals surface area contributed by atoms with Gasteiger partial charge in [-0.05, 0) is 30.4 Å². The van der Waals surface area contributed by atoms with Gasteiger partial charge >= 0.3 is 6.03 Å². The van der Waals surface area contributed by atoms with Crippen LogP contribution in [0.15, 0.2) is 24.3 Å². The van der Waals surface area contributed by atoms with Crippen LogP contribution in [0.1, 0.15) is 53.0 Å². The zero-order valence-corrected chi connectivity index (χ0v) is 13.8. The van der Waals surface area contributed by atoms with Crippen molar-refractivity contribution in [3.05, 3.63) is 29.8 Å². The van der Waals surface area contributed by atoms with Gasteiger partial charge in [-0.3, -0.25) is 0 Å². The number of benzene rings is 1. The van der Waals surface area contributed by atoms with Gasteiger partial charge in [0.15, 0.2) is 0 Å². The highest BCUT2D eigenvalue weighted by atomic mass is 16.3. The maximum Gasteiger partial charge on any atom is 0.319 e. The summed E-state index contributed by atoms with van der Waals surface area (Å²) in [6.45, 7) is 10.1. The first-order chi connectivity index (χ1) is 9.72. The summed E-state index contributed by atoms with van der Waals surface area (Å²) in [7, 11) is 0. The third kappa shape index (κ3) is 5.05. The highest BCUT2D eigenvalue weighted by molar-refractivity contribution is 5.90. The van der Waals surface area contributed by atoms with Crippen LogP contribution in [0, 0.1) is 0 Å². The van der Waals surface area contributed by atoms with E-state index in [1.165, 1.54) is 0 Å². The molecule has 118 valence electrons. The largest absolute Gasteiger partial charge is 0.394 e. The molecular weight excluding hydrogens is 264 g/mol. The van der Waals surface area contributed by atoms with E-state index < -0.39 is 5.54 Å². The van der Waals surface area contributed by atoms with E-state index in [2.05, 4.69) is 31.4 Å². The van der Waals surface area contributed by atoms with Gasteiger partial charge in [0.2, 0.25) is 0 Å². The summed E-state index contributed by atoms with van der Waals surface area (Å²) in [5.41, 5.74) is 1.25. The molecule has 3 N–H and O–H groups in total. The van der Waals surface area contributed by atoms with Gasteiger partial charge in [-0.25, -0.2) is 4.79 Å². The van der Waals surface area contributed by atoms with Gasteiger partial charge in [0.05, 0.1) is 12.1 Å². The maximum absolute atomic E-state index is 12.2. The molecule has 4 nitrogen and oxygen atoms in total. The van der Waals surface area contributed by atoms with E-state index in [4.69, 9.17) is 0 Å². The topological polar surface area (TPSA) is 61.4 Å². The smallest absolute Gasteiger partial charge is 0.319 e. The number of para-hydroxylation sites is 1. The van der Waals surface area contributed by atoms with Crippen molar-refractivity contribution in [1.29, 1.82) is 0 Å². The van der Waals surface area contributed by atoms with Crippen molar-refractivity contribution in [2.75, 3.05) is 11.9 Å². The molecular formula is C17H28N2O2. The zero-order chi connectivity index (χ0) is 16.1. The predicted molar refractivity (Wildman–Crippen MR) is 87.7 cm³/mol. The number of urea groups is 1. The lowest BCUT2D eigenvalue weighted by molar-refractivity contribution is 0.167. The third-order valence-electron chi connectivity index (χ3n) is 3.55. The molecule has 0 heterocycles. The lowest BCUT2D eigenvalue weighted by atomic mass is 9.86. The number of nitrogens with one attached hydrogen (secondary N) is 2. The number of aliphatic hydroxyl groups excluding tert-OH is 1.